The number of anilines is 1. The molecule has 0 atom stereocenters. The van der Waals surface area contributed by atoms with Gasteiger partial charge in [0, 0.05) is 5.56 Å². The topological polar surface area (TPSA) is 124 Å². The monoisotopic (exact) mass is 362 g/mol. The van der Waals surface area contributed by atoms with Crippen molar-refractivity contribution in [2.75, 3.05) is 12.4 Å². The number of nitrogens with zero attached hydrogens (tertiary/aromatic N) is 6. The molecule has 27 heavy (non-hydrogen) atoms. The summed E-state index contributed by atoms with van der Waals surface area (Å²) in [5.41, 5.74) is 1.95. The van der Waals surface area contributed by atoms with Gasteiger partial charge in [-0.25, -0.2) is 4.68 Å². The number of carbonyl (C=O) groups excluding carboxylic acids is 1. The third-order valence-electron chi connectivity index (χ3n) is 3.82. The number of benzene rings is 2. The summed E-state index contributed by atoms with van der Waals surface area (Å²) in [6, 6.07) is 14.2. The Hall–Kier alpha value is -4.08. The number of para-hydroxylation sites is 1. The largest absolute Gasteiger partial charge is 0.496 e. The van der Waals surface area contributed by atoms with E-state index < -0.39 is 0 Å². The Kier molecular flexibility index (Phi) is 4.27. The van der Waals surface area contributed by atoms with Gasteiger partial charge in [-0.15, -0.1) is 10.2 Å². The van der Waals surface area contributed by atoms with Crippen LogP contribution in [0.5, 0.6) is 5.75 Å². The van der Waals surface area contributed by atoms with Crippen LogP contribution in [-0.2, 0) is 0 Å². The number of ether oxygens (including phenoxy) is 1. The first-order chi connectivity index (χ1) is 13.2. The van der Waals surface area contributed by atoms with Gasteiger partial charge >= 0.3 is 0 Å². The Morgan fingerprint density at radius 2 is 1.96 bits per heavy atom. The fraction of sp³-hybridized carbons (Fsp3) is 0.0588. The van der Waals surface area contributed by atoms with E-state index in [1.807, 2.05) is 24.3 Å². The summed E-state index contributed by atoms with van der Waals surface area (Å²) in [5.74, 6) is 0.996. The van der Waals surface area contributed by atoms with E-state index in [9.17, 15) is 4.79 Å². The lowest BCUT2D eigenvalue weighted by Gasteiger charge is -2.04. The zero-order chi connectivity index (χ0) is 18.6. The Bertz CT molecular complexity index is 1060. The van der Waals surface area contributed by atoms with Crippen molar-refractivity contribution in [2.45, 2.75) is 0 Å². The average molecular weight is 362 g/mol. The van der Waals surface area contributed by atoms with E-state index in [0.29, 0.717) is 17.1 Å². The smallest absolute Gasteiger partial charge is 0.258 e. The van der Waals surface area contributed by atoms with Crippen LogP contribution in [0.2, 0.25) is 0 Å². The number of hydrogen-bond acceptors (Lipinski definition) is 7. The van der Waals surface area contributed by atoms with Gasteiger partial charge in [0.2, 0.25) is 5.95 Å². The SMILES string of the molecule is COc1ccccc1-c1nc(NC(=O)c2ccc(-n3cnnn3)cc2)n[nH]1. The fourth-order valence-electron chi connectivity index (χ4n) is 2.50. The van der Waals surface area contributed by atoms with E-state index in [0.717, 1.165) is 11.3 Å². The summed E-state index contributed by atoms with van der Waals surface area (Å²) in [4.78, 5) is 16.7. The highest BCUT2D eigenvalue weighted by Gasteiger charge is 2.13. The lowest BCUT2D eigenvalue weighted by Crippen LogP contribution is -2.13. The first-order valence-electron chi connectivity index (χ1n) is 7.95. The van der Waals surface area contributed by atoms with Crippen LogP contribution in [0.25, 0.3) is 17.1 Å². The lowest BCUT2D eigenvalue weighted by molar-refractivity contribution is 0.102. The molecule has 0 saturated carbocycles. The van der Waals surface area contributed by atoms with Crippen LogP contribution in [0.4, 0.5) is 5.95 Å². The molecule has 134 valence electrons. The van der Waals surface area contributed by atoms with Crippen molar-refractivity contribution in [3.63, 3.8) is 0 Å². The van der Waals surface area contributed by atoms with Crippen molar-refractivity contribution in [1.82, 2.24) is 35.4 Å². The maximum atomic E-state index is 12.4. The highest BCUT2D eigenvalue weighted by Crippen LogP contribution is 2.27. The Morgan fingerprint density at radius 1 is 1.15 bits per heavy atom. The molecule has 0 spiro atoms. The molecule has 10 heteroatoms. The molecule has 0 fully saturated rings. The van der Waals surface area contributed by atoms with Gasteiger partial charge < -0.3 is 4.74 Å². The molecule has 0 bridgehead atoms. The molecule has 0 aliphatic rings. The molecular formula is C17H14N8O2. The number of nitrogens with one attached hydrogen (secondary N) is 2. The predicted molar refractivity (Wildman–Crippen MR) is 95.5 cm³/mol. The van der Waals surface area contributed by atoms with E-state index in [-0.39, 0.29) is 11.9 Å². The molecular weight excluding hydrogens is 348 g/mol. The van der Waals surface area contributed by atoms with Gasteiger partial charge in [0.1, 0.15) is 12.1 Å². The summed E-state index contributed by atoms with van der Waals surface area (Å²) in [6.45, 7) is 0. The van der Waals surface area contributed by atoms with Gasteiger partial charge in [0.05, 0.1) is 18.4 Å². The first kappa shape index (κ1) is 16.4. The minimum absolute atomic E-state index is 0.172. The Labute approximate surface area is 153 Å². The molecule has 0 aliphatic carbocycles. The minimum atomic E-state index is -0.330. The standard InChI is InChI=1S/C17H14N8O2/c1-27-14-5-3-2-4-13(14)15-19-17(22-21-15)20-16(26)11-6-8-12(9-7-11)25-10-18-23-24-25/h2-10H,1H3,(H2,19,20,21,22,26). The second kappa shape index (κ2) is 7.04. The van der Waals surface area contributed by atoms with E-state index in [2.05, 4.69) is 36.0 Å². The predicted octanol–water partition coefficient (Wildman–Crippen LogP) is 1.71. The molecule has 2 aromatic carbocycles. The molecule has 2 N–H and O–H groups in total. The van der Waals surface area contributed by atoms with Crippen molar-refractivity contribution in [1.29, 1.82) is 0 Å². The Morgan fingerprint density at radius 3 is 2.70 bits per heavy atom. The number of carbonyl (C=O) groups is 1. The van der Waals surface area contributed by atoms with Crippen LogP contribution >= 0.6 is 0 Å². The molecule has 0 radical (unpaired) electrons. The van der Waals surface area contributed by atoms with E-state index in [1.165, 1.54) is 11.0 Å². The second-order valence-corrected chi connectivity index (χ2v) is 5.46. The summed E-state index contributed by atoms with van der Waals surface area (Å²) in [5, 5.41) is 20.4. The summed E-state index contributed by atoms with van der Waals surface area (Å²) in [7, 11) is 1.58. The highest BCUT2D eigenvalue weighted by molar-refractivity contribution is 6.03. The third kappa shape index (κ3) is 3.35. The Balaban J connectivity index is 1.50. The molecule has 1 amide bonds. The fourth-order valence-corrected chi connectivity index (χ4v) is 2.50. The number of hydrogen-bond donors (Lipinski definition) is 2. The second-order valence-electron chi connectivity index (χ2n) is 5.46. The number of methoxy groups -OCH3 is 1. The van der Waals surface area contributed by atoms with Crippen LogP contribution in [-0.4, -0.2) is 48.4 Å². The number of aromatic nitrogens is 7. The number of rotatable bonds is 5. The van der Waals surface area contributed by atoms with Gasteiger partial charge in [-0.3, -0.25) is 15.2 Å². The molecule has 2 aromatic heterocycles. The van der Waals surface area contributed by atoms with Gasteiger partial charge in [-0.1, -0.05) is 12.1 Å². The van der Waals surface area contributed by atoms with Crippen molar-refractivity contribution in [2.24, 2.45) is 0 Å². The summed E-state index contributed by atoms with van der Waals surface area (Å²) >= 11 is 0. The molecule has 0 unspecified atom stereocenters. The normalized spacial score (nSPS) is 10.6. The zero-order valence-corrected chi connectivity index (χ0v) is 14.2. The maximum absolute atomic E-state index is 12.4. The average Bonchev–Trinajstić information content (AvgIpc) is 3.40. The number of H-pyrrole nitrogens is 1. The van der Waals surface area contributed by atoms with Crippen LogP contribution in [0.3, 0.4) is 0 Å². The van der Waals surface area contributed by atoms with E-state index >= 15 is 0 Å². The molecule has 0 saturated heterocycles. The van der Waals surface area contributed by atoms with Crippen molar-refractivity contribution < 1.29 is 9.53 Å². The first-order valence-corrected chi connectivity index (χ1v) is 7.95. The van der Waals surface area contributed by atoms with Crippen LogP contribution in [0.1, 0.15) is 10.4 Å². The zero-order valence-electron chi connectivity index (χ0n) is 14.2. The number of aromatic amines is 1. The van der Waals surface area contributed by atoms with Gasteiger partial charge in [0.25, 0.3) is 5.91 Å². The lowest BCUT2D eigenvalue weighted by atomic mass is 10.2. The van der Waals surface area contributed by atoms with Crippen LogP contribution in [0.15, 0.2) is 54.9 Å². The molecule has 2 heterocycles. The highest BCUT2D eigenvalue weighted by atomic mass is 16.5. The van der Waals surface area contributed by atoms with Gasteiger partial charge in [0.15, 0.2) is 5.82 Å². The van der Waals surface area contributed by atoms with Gasteiger partial charge in [-0.2, -0.15) is 4.98 Å². The minimum Gasteiger partial charge on any atom is -0.496 e. The van der Waals surface area contributed by atoms with Crippen molar-refractivity contribution in [3.05, 3.63) is 60.4 Å². The maximum Gasteiger partial charge on any atom is 0.258 e. The van der Waals surface area contributed by atoms with Crippen molar-refractivity contribution in [3.8, 4) is 22.8 Å². The quantitative estimate of drug-likeness (QED) is 0.554. The number of tetrazole rings is 1. The molecule has 10 nitrogen and oxygen atoms in total. The molecule has 4 aromatic rings. The van der Waals surface area contributed by atoms with Crippen LogP contribution < -0.4 is 10.1 Å². The van der Waals surface area contributed by atoms with Gasteiger partial charge in [-0.05, 0) is 46.8 Å². The van der Waals surface area contributed by atoms with Crippen LogP contribution in [0, 0.1) is 0 Å². The van der Waals surface area contributed by atoms with E-state index in [4.69, 9.17) is 4.74 Å². The molecule has 0 aliphatic heterocycles. The van der Waals surface area contributed by atoms with E-state index in [1.54, 1.807) is 31.4 Å². The number of amides is 1. The third-order valence-corrected chi connectivity index (χ3v) is 3.82. The summed E-state index contributed by atoms with van der Waals surface area (Å²) in [6.07, 6.45) is 1.47. The summed E-state index contributed by atoms with van der Waals surface area (Å²) < 4.78 is 6.81. The van der Waals surface area contributed by atoms with Crippen molar-refractivity contribution >= 4 is 11.9 Å². The molecule has 4 rings (SSSR count).